The van der Waals surface area contributed by atoms with E-state index in [2.05, 4.69) is 10.2 Å². The van der Waals surface area contributed by atoms with E-state index in [1.165, 1.54) is 32.1 Å². The molecule has 3 atom stereocenters. The fourth-order valence-corrected chi connectivity index (χ4v) is 4.13. The Bertz CT molecular complexity index is 546. The molecule has 1 saturated carbocycles. The number of hydrogen-bond acceptors (Lipinski definition) is 3. The summed E-state index contributed by atoms with van der Waals surface area (Å²) >= 11 is 0. The number of fused-ring (bicyclic) bond motifs is 1. The number of methoxy groups -OCH3 is 1. The van der Waals surface area contributed by atoms with Crippen LogP contribution in [0.2, 0.25) is 0 Å². The number of para-hydroxylation sites is 2. The molecule has 4 nitrogen and oxygen atoms in total. The number of amides is 1. The Kier molecular flexibility index (Phi) is 5.21. The first-order chi connectivity index (χ1) is 11.2. The third-order valence-electron chi connectivity index (χ3n) is 5.61. The number of benzene rings is 1. The number of hydrogen-bond donors (Lipinski definition) is 1. The maximum atomic E-state index is 12.6. The van der Waals surface area contributed by atoms with Gasteiger partial charge in [0.1, 0.15) is 5.75 Å². The summed E-state index contributed by atoms with van der Waals surface area (Å²) in [5, 5.41) is 3.02. The number of nitrogens with zero attached hydrogens (tertiary/aromatic N) is 1. The highest BCUT2D eigenvalue weighted by Gasteiger charge is 2.34. The summed E-state index contributed by atoms with van der Waals surface area (Å²) in [6, 6.07) is 7.48. The molecule has 1 aliphatic heterocycles. The number of nitrogens with one attached hydrogen (secondary N) is 1. The molecule has 1 aromatic carbocycles. The lowest BCUT2D eigenvalue weighted by Gasteiger charge is -2.43. The van der Waals surface area contributed by atoms with Crippen LogP contribution in [0.25, 0.3) is 0 Å². The molecule has 1 amide bonds. The Balaban J connectivity index is 1.61. The van der Waals surface area contributed by atoms with Crippen molar-refractivity contribution in [1.82, 2.24) is 4.90 Å². The highest BCUT2D eigenvalue weighted by molar-refractivity contribution is 5.95. The van der Waals surface area contributed by atoms with Crippen molar-refractivity contribution in [3.8, 4) is 5.75 Å². The zero-order valence-electron chi connectivity index (χ0n) is 14.3. The zero-order chi connectivity index (χ0) is 16.2. The van der Waals surface area contributed by atoms with E-state index in [0.717, 1.165) is 30.6 Å². The van der Waals surface area contributed by atoms with Crippen LogP contribution < -0.4 is 10.1 Å². The van der Waals surface area contributed by atoms with E-state index < -0.39 is 0 Å². The van der Waals surface area contributed by atoms with Crippen LogP contribution >= 0.6 is 0 Å². The average molecular weight is 316 g/mol. The van der Waals surface area contributed by atoms with Gasteiger partial charge in [-0.25, -0.2) is 0 Å². The topological polar surface area (TPSA) is 41.6 Å². The molecule has 126 valence electrons. The lowest BCUT2D eigenvalue weighted by molar-refractivity contribution is -0.122. The largest absolute Gasteiger partial charge is 0.495 e. The van der Waals surface area contributed by atoms with Gasteiger partial charge >= 0.3 is 0 Å². The maximum Gasteiger partial charge on any atom is 0.241 e. The molecule has 2 aliphatic rings. The van der Waals surface area contributed by atoms with Crippen LogP contribution in [0, 0.1) is 11.8 Å². The summed E-state index contributed by atoms with van der Waals surface area (Å²) in [5.74, 6) is 2.45. The average Bonchev–Trinajstić information content (AvgIpc) is 2.61. The SMILES string of the molecule is COc1ccccc1NC(=O)[C@H](C)N1CC[C@@H]2CCCC[C@@H]2C1. The van der Waals surface area contributed by atoms with Crippen molar-refractivity contribution >= 4 is 11.6 Å². The summed E-state index contributed by atoms with van der Waals surface area (Å²) in [6.07, 6.45) is 6.72. The molecule has 1 heterocycles. The molecule has 3 rings (SSSR count). The third kappa shape index (κ3) is 3.69. The quantitative estimate of drug-likeness (QED) is 0.924. The van der Waals surface area contributed by atoms with Gasteiger partial charge in [0.2, 0.25) is 5.91 Å². The number of anilines is 1. The van der Waals surface area contributed by atoms with E-state index in [0.29, 0.717) is 5.75 Å². The summed E-state index contributed by atoms with van der Waals surface area (Å²) < 4.78 is 5.31. The number of likely N-dealkylation sites (tertiary alicyclic amines) is 1. The van der Waals surface area contributed by atoms with E-state index in [1.54, 1.807) is 7.11 Å². The van der Waals surface area contributed by atoms with Crippen LogP contribution in [0.4, 0.5) is 5.69 Å². The van der Waals surface area contributed by atoms with Crippen molar-refractivity contribution in [3.05, 3.63) is 24.3 Å². The Morgan fingerprint density at radius 3 is 2.74 bits per heavy atom. The zero-order valence-corrected chi connectivity index (χ0v) is 14.3. The number of carbonyl (C=O) groups excluding carboxylic acids is 1. The molecule has 23 heavy (non-hydrogen) atoms. The van der Waals surface area contributed by atoms with Crippen LogP contribution in [0.5, 0.6) is 5.75 Å². The Morgan fingerprint density at radius 2 is 1.96 bits per heavy atom. The summed E-state index contributed by atoms with van der Waals surface area (Å²) in [7, 11) is 1.63. The predicted molar refractivity (Wildman–Crippen MR) is 92.7 cm³/mol. The van der Waals surface area contributed by atoms with Crippen LogP contribution in [0.3, 0.4) is 0 Å². The first kappa shape index (κ1) is 16.3. The Labute approximate surface area is 139 Å². The normalized spacial score (nSPS) is 26.2. The first-order valence-electron chi connectivity index (χ1n) is 8.87. The van der Waals surface area contributed by atoms with Crippen molar-refractivity contribution in [2.24, 2.45) is 11.8 Å². The van der Waals surface area contributed by atoms with Gasteiger partial charge in [0.05, 0.1) is 18.8 Å². The van der Waals surface area contributed by atoms with Gasteiger partial charge in [0.15, 0.2) is 0 Å². The third-order valence-corrected chi connectivity index (χ3v) is 5.61. The van der Waals surface area contributed by atoms with E-state index in [-0.39, 0.29) is 11.9 Å². The van der Waals surface area contributed by atoms with Gasteiger partial charge in [-0.05, 0) is 50.3 Å². The second kappa shape index (κ2) is 7.35. The van der Waals surface area contributed by atoms with E-state index in [9.17, 15) is 4.79 Å². The van der Waals surface area contributed by atoms with Gasteiger partial charge < -0.3 is 10.1 Å². The molecule has 0 bridgehead atoms. The van der Waals surface area contributed by atoms with E-state index >= 15 is 0 Å². The second-order valence-corrected chi connectivity index (χ2v) is 6.95. The summed E-state index contributed by atoms with van der Waals surface area (Å²) in [5.41, 5.74) is 0.749. The smallest absolute Gasteiger partial charge is 0.241 e. The lowest BCUT2D eigenvalue weighted by Crippen LogP contribution is -2.49. The van der Waals surface area contributed by atoms with Crippen molar-refractivity contribution in [2.45, 2.75) is 45.1 Å². The van der Waals surface area contributed by atoms with Gasteiger partial charge in [0, 0.05) is 6.54 Å². The molecule has 1 N–H and O–H groups in total. The molecule has 2 fully saturated rings. The highest BCUT2D eigenvalue weighted by atomic mass is 16.5. The fourth-order valence-electron chi connectivity index (χ4n) is 4.13. The minimum absolute atomic E-state index is 0.0590. The maximum absolute atomic E-state index is 12.6. The first-order valence-corrected chi connectivity index (χ1v) is 8.87. The summed E-state index contributed by atoms with van der Waals surface area (Å²) in [4.78, 5) is 15.0. The minimum Gasteiger partial charge on any atom is -0.495 e. The number of ether oxygens (including phenoxy) is 1. The lowest BCUT2D eigenvalue weighted by atomic mass is 9.75. The fraction of sp³-hybridized carbons (Fsp3) is 0.632. The molecule has 1 saturated heterocycles. The molecule has 1 aromatic rings. The summed E-state index contributed by atoms with van der Waals surface area (Å²) in [6.45, 7) is 4.14. The second-order valence-electron chi connectivity index (χ2n) is 6.95. The molecule has 0 radical (unpaired) electrons. The highest BCUT2D eigenvalue weighted by Crippen LogP contribution is 2.36. The van der Waals surface area contributed by atoms with Gasteiger partial charge in [0.25, 0.3) is 0 Å². The Hall–Kier alpha value is -1.55. The van der Waals surface area contributed by atoms with Crippen molar-refractivity contribution in [2.75, 3.05) is 25.5 Å². The standard InChI is InChI=1S/C19H28N2O2/c1-14(19(22)20-17-9-5-6-10-18(17)23-2)21-12-11-15-7-3-4-8-16(15)13-21/h5-6,9-10,14-16H,3-4,7-8,11-13H2,1-2H3,(H,20,22)/t14-,15-,16+/m0/s1. The molecule has 4 heteroatoms. The van der Waals surface area contributed by atoms with Crippen LogP contribution in [0.1, 0.15) is 39.0 Å². The minimum atomic E-state index is -0.0946. The molecule has 0 unspecified atom stereocenters. The molecular formula is C19H28N2O2. The van der Waals surface area contributed by atoms with Crippen molar-refractivity contribution in [1.29, 1.82) is 0 Å². The van der Waals surface area contributed by atoms with Gasteiger partial charge in [-0.2, -0.15) is 0 Å². The monoisotopic (exact) mass is 316 g/mol. The molecular weight excluding hydrogens is 288 g/mol. The number of rotatable bonds is 4. The number of piperidine rings is 1. The van der Waals surface area contributed by atoms with Crippen LogP contribution in [-0.4, -0.2) is 37.0 Å². The van der Waals surface area contributed by atoms with Crippen LogP contribution in [-0.2, 0) is 4.79 Å². The van der Waals surface area contributed by atoms with Gasteiger partial charge in [-0.15, -0.1) is 0 Å². The molecule has 0 aromatic heterocycles. The predicted octanol–water partition coefficient (Wildman–Crippen LogP) is 3.53. The van der Waals surface area contributed by atoms with E-state index in [4.69, 9.17) is 4.74 Å². The van der Waals surface area contributed by atoms with Crippen molar-refractivity contribution in [3.63, 3.8) is 0 Å². The van der Waals surface area contributed by atoms with Crippen molar-refractivity contribution < 1.29 is 9.53 Å². The van der Waals surface area contributed by atoms with Gasteiger partial charge in [-0.1, -0.05) is 31.4 Å². The molecule has 0 spiro atoms. The van der Waals surface area contributed by atoms with Gasteiger partial charge in [-0.3, -0.25) is 9.69 Å². The Morgan fingerprint density at radius 1 is 1.22 bits per heavy atom. The number of carbonyl (C=O) groups is 1. The molecule has 1 aliphatic carbocycles. The van der Waals surface area contributed by atoms with Crippen LogP contribution in [0.15, 0.2) is 24.3 Å². The van der Waals surface area contributed by atoms with E-state index in [1.807, 2.05) is 31.2 Å².